The Bertz CT molecular complexity index is 419. The van der Waals surface area contributed by atoms with Gasteiger partial charge in [-0.05, 0) is 17.7 Å². The summed E-state index contributed by atoms with van der Waals surface area (Å²) in [6.07, 6.45) is 2.27. The maximum Gasteiger partial charge on any atom is 0.138 e. The van der Waals surface area contributed by atoms with Gasteiger partial charge in [0.15, 0.2) is 0 Å². The molecule has 0 fully saturated rings. The van der Waals surface area contributed by atoms with Gasteiger partial charge in [-0.1, -0.05) is 12.1 Å². The maximum atomic E-state index is 9.10. The summed E-state index contributed by atoms with van der Waals surface area (Å²) in [4.78, 5) is 4.12. The highest BCUT2D eigenvalue weighted by Crippen LogP contribution is 2.12. The number of phenolic OH excluding ortho intramolecular Hbond substituents is 1. The van der Waals surface area contributed by atoms with Gasteiger partial charge in [0.25, 0.3) is 0 Å². The minimum absolute atomic E-state index is 0.284. The van der Waals surface area contributed by atoms with E-state index in [0.717, 1.165) is 17.8 Å². The van der Waals surface area contributed by atoms with Crippen LogP contribution in [0.2, 0.25) is 0 Å². The van der Waals surface area contributed by atoms with Gasteiger partial charge in [0.05, 0.1) is 0 Å². The maximum absolute atomic E-state index is 9.10. The van der Waals surface area contributed by atoms with E-state index in [1.54, 1.807) is 16.8 Å². The average Bonchev–Trinajstić information content (AvgIpc) is 2.56. The second-order valence-electron chi connectivity index (χ2n) is 3.14. The molecule has 14 heavy (non-hydrogen) atoms. The van der Waals surface area contributed by atoms with Crippen LogP contribution in [0.4, 0.5) is 0 Å². The van der Waals surface area contributed by atoms with E-state index in [4.69, 9.17) is 5.11 Å². The van der Waals surface area contributed by atoms with Crippen LogP contribution in [0.25, 0.3) is 0 Å². The number of benzene rings is 1. The topological polar surface area (TPSA) is 50.9 Å². The number of rotatable bonds is 2. The standard InChI is InChI=1S/C10H11N3O/c1-13-10(11-7-12-13)6-8-2-4-9(14)5-3-8/h2-5,7,14H,6H2,1H3. The molecule has 1 aromatic heterocycles. The van der Waals surface area contributed by atoms with E-state index in [-0.39, 0.29) is 5.75 Å². The van der Waals surface area contributed by atoms with Gasteiger partial charge < -0.3 is 5.11 Å². The first kappa shape index (κ1) is 8.74. The fraction of sp³-hybridized carbons (Fsp3) is 0.200. The molecule has 0 spiro atoms. The Morgan fingerprint density at radius 1 is 1.29 bits per heavy atom. The van der Waals surface area contributed by atoms with Crippen molar-refractivity contribution < 1.29 is 5.11 Å². The molecule has 72 valence electrons. The predicted octanol–water partition coefficient (Wildman–Crippen LogP) is 1.11. The molecule has 0 aliphatic heterocycles. The molecule has 0 radical (unpaired) electrons. The zero-order valence-corrected chi connectivity index (χ0v) is 7.88. The summed E-state index contributed by atoms with van der Waals surface area (Å²) in [6.45, 7) is 0. The molecule has 0 unspecified atom stereocenters. The van der Waals surface area contributed by atoms with E-state index < -0.39 is 0 Å². The fourth-order valence-electron chi connectivity index (χ4n) is 1.28. The van der Waals surface area contributed by atoms with E-state index in [9.17, 15) is 0 Å². The predicted molar refractivity (Wildman–Crippen MR) is 51.9 cm³/mol. The number of aryl methyl sites for hydroxylation is 1. The molecule has 1 heterocycles. The Labute approximate surface area is 81.8 Å². The van der Waals surface area contributed by atoms with Crippen LogP contribution in [0.3, 0.4) is 0 Å². The highest BCUT2D eigenvalue weighted by Gasteiger charge is 2.01. The third-order valence-electron chi connectivity index (χ3n) is 2.10. The third-order valence-corrected chi connectivity index (χ3v) is 2.10. The van der Waals surface area contributed by atoms with E-state index >= 15 is 0 Å². The van der Waals surface area contributed by atoms with Crippen molar-refractivity contribution in [2.75, 3.05) is 0 Å². The summed E-state index contributed by atoms with van der Waals surface area (Å²) in [5.74, 6) is 1.20. The molecule has 0 saturated carbocycles. The number of hydrogen-bond acceptors (Lipinski definition) is 3. The minimum Gasteiger partial charge on any atom is -0.508 e. The van der Waals surface area contributed by atoms with Gasteiger partial charge in [0, 0.05) is 13.5 Å². The second kappa shape index (κ2) is 3.49. The van der Waals surface area contributed by atoms with Crippen LogP contribution in [0.15, 0.2) is 30.6 Å². The zero-order chi connectivity index (χ0) is 9.97. The Balaban J connectivity index is 2.19. The Kier molecular flexibility index (Phi) is 2.18. The molecule has 0 saturated heterocycles. The lowest BCUT2D eigenvalue weighted by atomic mass is 10.1. The summed E-state index contributed by atoms with van der Waals surface area (Å²) in [5, 5.41) is 13.1. The molecule has 0 amide bonds. The van der Waals surface area contributed by atoms with Crippen molar-refractivity contribution >= 4 is 0 Å². The SMILES string of the molecule is Cn1ncnc1Cc1ccc(O)cc1. The molecule has 0 aliphatic rings. The van der Waals surface area contributed by atoms with Crippen molar-refractivity contribution in [3.8, 4) is 5.75 Å². The van der Waals surface area contributed by atoms with E-state index in [1.165, 1.54) is 6.33 Å². The van der Waals surface area contributed by atoms with Crippen LogP contribution >= 0.6 is 0 Å². The first-order chi connectivity index (χ1) is 6.75. The monoisotopic (exact) mass is 189 g/mol. The van der Waals surface area contributed by atoms with Crippen molar-refractivity contribution in [1.82, 2.24) is 14.8 Å². The summed E-state index contributed by atoms with van der Waals surface area (Å²) >= 11 is 0. The molecule has 0 aliphatic carbocycles. The Morgan fingerprint density at radius 3 is 2.57 bits per heavy atom. The molecule has 4 heteroatoms. The number of nitrogens with zero attached hydrogens (tertiary/aromatic N) is 3. The molecular formula is C10H11N3O. The lowest BCUT2D eigenvalue weighted by molar-refractivity contribution is 0.475. The largest absolute Gasteiger partial charge is 0.508 e. The number of aromatic nitrogens is 3. The fourth-order valence-corrected chi connectivity index (χ4v) is 1.28. The van der Waals surface area contributed by atoms with E-state index in [0.29, 0.717) is 0 Å². The van der Waals surface area contributed by atoms with Gasteiger partial charge in [-0.25, -0.2) is 4.98 Å². The van der Waals surface area contributed by atoms with Crippen LogP contribution in [0.5, 0.6) is 5.75 Å². The van der Waals surface area contributed by atoms with Crippen molar-refractivity contribution in [2.45, 2.75) is 6.42 Å². The summed E-state index contributed by atoms with van der Waals surface area (Å²) < 4.78 is 1.74. The molecule has 1 aromatic carbocycles. The molecule has 0 atom stereocenters. The Hall–Kier alpha value is -1.84. The van der Waals surface area contributed by atoms with Gasteiger partial charge in [-0.15, -0.1) is 0 Å². The van der Waals surface area contributed by atoms with Crippen molar-refractivity contribution in [3.63, 3.8) is 0 Å². The number of phenols is 1. The average molecular weight is 189 g/mol. The lowest BCUT2D eigenvalue weighted by Gasteiger charge is -2.00. The van der Waals surface area contributed by atoms with Crippen LogP contribution < -0.4 is 0 Å². The van der Waals surface area contributed by atoms with Gasteiger partial charge in [0.2, 0.25) is 0 Å². The molecule has 2 rings (SSSR count). The highest BCUT2D eigenvalue weighted by atomic mass is 16.3. The summed E-state index contributed by atoms with van der Waals surface area (Å²) in [5.41, 5.74) is 1.11. The van der Waals surface area contributed by atoms with Gasteiger partial charge >= 0.3 is 0 Å². The van der Waals surface area contributed by atoms with Crippen molar-refractivity contribution in [2.24, 2.45) is 7.05 Å². The third kappa shape index (κ3) is 1.74. The van der Waals surface area contributed by atoms with Crippen LogP contribution in [-0.2, 0) is 13.5 Å². The molecular weight excluding hydrogens is 178 g/mol. The summed E-state index contributed by atoms with van der Waals surface area (Å²) in [6, 6.07) is 7.10. The second-order valence-corrected chi connectivity index (χ2v) is 3.14. The van der Waals surface area contributed by atoms with Gasteiger partial charge in [-0.3, -0.25) is 4.68 Å². The smallest absolute Gasteiger partial charge is 0.138 e. The van der Waals surface area contributed by atoms with Gasteiger partial charge in [0.1, 0.15) is 17.9 Å². The first-order valence-corrected chi connectivity index (χ1v) is 4.36. The van der Waals surface area contributed by atoms with Crippen LogP contribution in [0.1, 0.15) is 11.4 Å². The van der Waals surface area contributed by atoms with Crippen molar-refractivity contribution in [3.05, 3.63) is 42.0 Å². The quantitative estimate of drug-likeness (QED) is 0.770. The first-order valence-electron chi connectivity index (χ1n) is 4.36. The highest BCUT2D eigenvalue weighted by molar-refractivity contribution is 5.27. The summed E-state index contributed by atoms with van der Waals surface area (Å²) in [7, 11) is 1.86. The lowest BCUT2D eigenvalue weighted by Crippen LogP contribution is -2.00. The zero-order valence-electron chi connectivity index (χ0n) is 7.88. The van der Waals surface area contributed by atoms with Crippen LogP contribution in [0, 0.1) is 0 Å². The molecule has 4 nitrogen and oxygen atoms in total. The molecule has 0 bridgehead atoms. The van der Waals surface area contributed by atoms with Crippen molar-refractivity contribution in [1.29, 1.82) is 0 Å². The van der Waals surface area contributed by atoms with Gasteiger partial charge in [-0.2, -0.15) is 5.10 Å². The minimum atomic E-state index is 0.284. The normalized spacial score (nSPS) is 10.4. The van der Waals surface area contributed by atoms with E-state index in [1.807, 2.05) is 19.2 Å². The molecule has 1 N–H and O–H groups in total. The Morgan fingerprint density at radius 2 is 2.00 bits per heavy atom. The van der Waals surface area contributed by atoms with Crippen LogP contribution in [-0.4, -0.2) is 19.9 Å². The van der Waals surface area contributed by atoms with E-state index in [2.05, 4.69) is 10.1 Å². The number of aromatic hydroxyl groups is 1. The molecule has 2 aromatic rings. The number of hydrogen-bond donors (Lipinski definition) is 1.